The highest BCUT2D eigenvalue weighted by molar-refractivity contribution is 5.94. The number of rotatable bonds is 10. The molecule has 4 heterocycles. The van der Waals surface area contributed by atoms with Crippen molar-refractivity contribution in [3.05, 3.63) is 48.3 Å². The molecule has 3 aromatic heterocycles. The minimum atomic E-state index is -0.0637. The predicted molar refractivity (Wildman–Crippen MR) is 124 cm³/mol. The van der Waals surface area contributed by atoms with Gasteiger partial charge in [0.05, 0.1) is 30.8 Å². The van der Waals surface area contributed by atoms with Crippen LogP contribution in [0.2, 0.25) is 0 Å². The maximum atomic E-state index is 12.7. The number of nitrogens with zero attached hydrogens (tertiary/aromatic N) is 6. The van der Waals surface area contributed by atoms with E-state index in [1.54, 1.807) is 12.5 Å². The normalized spacial score (nSPS) is 14.7. The van der Waals surface area contributed by atoms with Crippen molar-refractivity contribution < 1.29 is 9.53 Å². The van der Waals surface area contributed by atoms with Crippen LogP contribution in [-0.4, -0.2) is 82.7 Å². The summed E-state index contributed by atoms with van der Waals surface area (Å²) in [6.45, 7) is 9.01. The number of anilines is 1. The van der Waals surface area contributed by atoms with Crippen LogP contribution in [0.25, 0.3) is 5.65 Å². The molecule has 0 aliphatic carbocycles. The molecule has 0 saturated carbocycles. The summed E-state index contributed by atoms with van der Waals surface area (Å²) in [7, 11) is 2.10. The molecule has 0 spiro atoms. The molecule has 1 fully saturated rings. The predicted octanol–water partition coefficient (Wildman–Crippen LogP) is 1.68. The molecule has 0 bridgehead atoms. The number of fused-ring (bicyclic) bond motifs is 1. The Hall–Kier alpha value is -2.91. The molecule has 9 heteroatoms. The van der Waals surface area contributed by atoms with Crippen LogP contribution >= 0.6 is 0 Å². The molecule has 0 atom stereocenters. The van der Waals surface area contributed by atoms with E-state index in [9.17, 15) is 4.79 Å². The fourth-order valence-electron chi connectivity index (χ4n) is 4.06. The lowest BCUT2D eigenvalue weighted by atomic mass is 10.2. The highest BCUT2D eigenvalue weighted by Crippen LogP contribution is 2.23. The second-order valence-corrected chi connectivity index (χ2v) is 8.17. The highest BCUT2D eigenvalue weighted by Gasteiger charge is 2.18. The third-order valence-electron chi connectivity index (χ3n) is 5.91. The summed E-state index contributed by atoms with van der Waals surface area (Å²) in [5, 5.41) is 3.03. The van der Waals surface area contributed by atoms with Gasteiger partial charge >= 0.3 is 0 Å². The molecule has 1 N–H and O–H groups in total. The van der Waals surface area contributed by atoms with Gasteiger partial charge in [-0.1, -0.05) is 6.92 Å². The zero-order valence-electron chi connectivity index (χ0n) is 19.0. The van der Waals surface area contributed by atoms with Crippen LogP contribution in [0.3, 0.4) is 0 Å². The van der Waals surface area contributed by atoms with Crippen molar-refractivity contribution in [2.24, 2.45) is 0 Å². The van der Waals surface area contributed by atoms with Crippen molar-refractivity contribution in [2.75, 3.05) is 57.9 Å². The topological polar surface area (TPSA) is 79.9 Å². The van der Waals surface area contributed by atoms with E-state index in [1.807, 2.05) is 29.1 Å². The number of hydrogen-bond donors (Lipinski definition) is 1. The second kappa shape index (κ2) is 10.6. The van der Waals surface area contributed by atoms with Gasteiger partial charge in [-0.15, -0.1) is 0 Å². The van der Waals surface area contributed by atoms with Gasteiger partial charge in [0.2, 0.25) is 0 Å². The van der Waals surface area contributed by atoms with E-state index in [2.05, 4.69) is 38.5 Å². The highest BCUT2D eigenvalue weighted by atomic mass is 16.5. The van der Waals surface area contributed by atoms with Gasteiger partial charge in [0.25, 0.3) is 5.91 Å². The van der Waals surface area contributed by atoms with Gasteiger partial charge in [0.1, 0.15) is 11.5 Å². The number of pyridine rings is 1. The zero-order valence-corrected chi connectivity index (χ0v) is 19.0. The summed E-state index contributed by atoms with van der Waals surface area (Å²) in [6, 6.07) is 3.78. The van der Waals surface area contributed by atoms with Gasteiger partial charge in [0, 0.05) is 64.9 Å². The van der Waals surface area contributed by atoms with Crippen LogP contribution in [0.5, 0.6) is 0 Å². The van der Waals surface area contributed by atoms with E-state index >= 15 is 0 Å². The van der Waals surface area contributed by atoms with Crippen molar-refractivity contribution in [2.45, 2.75) is 26.3 Å². The lowest BCUT2D eigenvalue weighted by Crippen LogP contribution is -2.41. The Bertz CT molecular complexity index is 1010. The van der Waals surface area contributed by atoms with Gasteiger partial charge in [0.15, 0.2) is 0 Å². The third-order valence-corrected chi connectivity index (χ3v) is 5.91. The molecule has 3 aromatic rings. The molecule has 1 amide bonds. The molecule has 1 aliphatic rings. The summed E-state index contributed by atoms with van der Waals surface area (Å²) >= 11 is 0. The number of hydrogen-bond acceptors (Lipinski definition) is 6. The Morgan fingerprint density at radius 3 is 2.84 bits per heavy atom. The largest absolute Gasteiger partial charge is 0.379 e. The van der Waals surface area contributed by atoms with Gasteiger partial charge in [-0.3, -0.25) is 14.1 Å². The van der Waals surface area contributed by atoms with Crippen LogP contribution in [0.15, 0.2) is 37.1 Å². The van der Waals surface area contributed by atoms with Gasteiger partial charge < -0.3 is 19.5 Å². The molecular formula is C23H33N7O2. The van der Waals surface area contributed by atoms with Crippen molar-refractivity contribution in [1.82, 2.24) is 29.2 Å². The number of imidazole rings is 2. The maximum Gasteiger partial charge on any atom is 0.252 e. The molecule has 1 aliphatic heterocycles. The summed E-state index contributed by atoms with van der Waals surface area (Å²) in [6.07, 6.45) is 9.08. The molecule has 9 nitrogen and oxygen atoms in total. The van der Waals surface area contributed by atoms with E-state index in [0.29, 0.717) is 12.1 Å². The summed E-state index contributed by atoms with van der Waals surface area (Å²) in [5.41, 5.74) is 2.56. The Kier molecular flexibility index (Phi) is 7.39. The Labute approximate surface area is 189 Å². The van der Waals surface area contributed by atoms with Crippen LogP contribution in [-0.2, 0) is 17.7 Å². The molecule has 32 heavy (non-hydrogen) atoms. The molecule has 0 radical (unpaired) electrons. The van der Waals surface area contributed by atoms with E-state index in [0.717, 1.165) is 75.9 Å². The van der Waals surface area contributed by atoms with Crippen LogP contribution in [0.4, 0.5) is 5.82 Å². The number of likely N-dealkylation sites (N-methyl/N-ethyl adjacent to an activating group) is 1. The lowest BCUT2D eigenvalue weighted by molar-refractivity contribution is 0.0392. The number of aromatic nitrogens is 4. The summed E-state index contributed by atoms with van der Waals surface area (Å²) in [5.74, 6) is 0.997. The second-order valence-electron chi connectivity index (χ2n) is 8.17. The number of aryl methyl sites for hydroxylation is 2. The minimum absolute atomic E-state index is 0.0637. The van der Waals surface area contributed by atoms with Crippen LogP contribution in [0.1, 0.15) is 29.4 Å². The molecule has 0 unspecified atom stereocenters. The van der Waals surface area contributed by atoms with E-state index in [1.165, 1.54) is 0 Å². The van der Waals surface area contributed by atoms with Crippen molar-refractivity contribution in [3.63, 3.8) is 0 Å². The van der Waals surface area contributed by atoms with Crippen molar-refractivity contribution in [3.8, 4) is 0 Å². The average molecular weight is 440 g/mol. The first-order valence-electron chi connectivity index (χ1n) is 11.4. The summed E-state index contributed by atoms with van der Waals surface area (Å²) in [4.78, 5) is 26.3. The molecule has 1 saturated heterocycles. The van der Waals surface area contributed by atoms with Crippen LogP contribution in [0, 0.1) is 0 Å². The number of nitrogens with one attached hydrogen (secondary N) is 1. The quantitative estimate of drug-likeness (QED) is 0.484. The van der Waals surface area contributed by atoms with Gasteiger partial charge in [-0.2, -0.15) is 0 Å². The summed E-state index contributed by atoms with van der Waals surface area (Å²) < 4.78 is 9.51. The number of morpholine rings is 1. The number of carbonyl (C=O) groups is 1. The monoisotopic (exact) mass is 439 g/mol. The smallest absolute Gasteiger partial charge is 0.252 e. The lowest BCUT2D eigenvalue weighted by Gasteiger charge is -2.29. The number of carbonyl (C=O) groups excluding carboxylic acids is 1. The van der Waals surface area contributed by atoms with E-state index in [4.69, 9.17) is 9.72 Å². The first kappa shape index (κ1) is 22.3. The standard InChI is InChI=1S/C23H33N7O2/c1-3-20-23(27(2)11-12-28-13-15-32-16-14-28)30-17-19(5-6-21(30)26-20)22(31)25-7-4-9-29-10-8-24-18-29/h5-6,8,10,17-18H,3-4,7,9,11-16H2,1-2H3,(H,25,31). The van der Waals surface area contributed by atoms with E-state index in [-0.39, 0.29) is 5.91 Å². The molecule has 172 valence electrons. The Morgan fingerprint density at radius 1 is 1.25 bits per heavy atom. The fraction of sp³-hybridized carbons (Fsp3) is 0.522. The average Bonchev–Trinajstić information content (AvgIpc) is 3.47. The first-order chi connectivity index (χ1) is 15.7. The zero-order chi connectivity index (χ0) is 22.3. The first-order valence-corrected chi connectivity index (χ1v) is 11.4. The van der Waals surface area contributed by atoms with Crippen molar-refractivity contribution in [1.29, 1.82) is 0 Å². The van der Waals surface area contributed by atoms with E-state index < -0.39 is 0 Å². The maximum absolute atomic E-state index is 12.7. The van der Waals surface area contributed by atoms with Crippen LogP contribution < -0.4 is 10.2 Å². The SMILES string of the molecule is CCc1nc2ccc(C(=O)NCCCn3ccnc3)cn2c1N(C)CCN1CCOCC1. The van der Waals surface area contributed by atoms with Gasteiger partial charge in [-0.05, 0) is 25.0 Å². The minimum Gasteiger partial charge on any atom is -0.379 e. The Morgan fingerprint density at radius 2 is 2.09 bits per heavy atom. The molecule has 4 rings (SSSR count). The Balaban J connectivity index is 1.42. The third kappa shape index (κ3) is 5.28. The number of ether oxygens (including phenoxy) is 1. The molecular weight excluding hydrogens is 406 g/mol. The van der Waals surface area contributed by atoms with Crippen molar-refractivity contribution >= 4 is 17.4 Å². The fourth-order valence-corrected chi connectivity index (χ4v) is 4.06. The molecule has 0 aromatic carbocycles. The number of amides is 1. The van der Waals surface area contributed by atoms with Gasteiger partial charge in [-0.25, -0.2) is 9.97 Å².